The molecule has 3 aromatic heterocycles. The van der Waals surface area contributed by atoms with Crippen LogP contribution in [0.15, 0.2) is 76.1 Å². The molecule has 0 atom stereocenters. The first kappa shape index (κ1) is 16.4. The molecule has 0 radical (unpaired) electrons. The molecule has 28 heavy (non-hydrogen) atoms. The summed E-state index contributed by atoms with van der Waals surface area (Å²) in [7, 11) is 0. The number of fused-ring (bicyclic) bond motifs is 2. The van der Waals surface area contributed by atoms with Crippen molar-refractivity contribution in [2.24, 2.45) is 0 Å². The number of rotatable bonds is 3. The average molecular weight is 388 g/mol. The van der Waals surface area contributed by atoms with Gasteiger partial charge in [-0.1, -0.05) is 18.2 Å². The Morgan fingerprint density at radius 2 is 1.89 bits per heavy atom. The molecule has 0 spiro atoms. The Bertz CT molecular complexity index is 1440. The molecule has 0 aliphatic heterocycles. The Hall–Kier alpha value is -3.78. The van der Waals surface area contributed by atoms with Gasteiger partial charge in [-0.15, -0.1) is 0 Å². The molecule has 0 fully saturated rings. The summed E-state index contributed by atoms with van der Waals surface area (Å²) in [6.45, 7) is 0. The summed E-state index contributed by atoms with van der Waals surface area (Å²) < 4.78 is 12.6. The van der Waals surface area contributed by atoms with E-state index in [1.165, 1.54) is 10.8 Å². The molecule has 0 aliphatic rings. The van der Waals surface area contributed by atoms with Crippen molar-refractivity contribution in [2.45, 2.75) is 0 Å². The second-order valence-corrected chi connectivity index (χ2v) is 6.36. The Labute approximate surface area is 162 Å². The summed E-state index contributed by atoms with van der Waals surface area (Å²) in [5.41, 5.74) is 1.49. The van der Waals surface area contributed by atoms with Crippen LogP contribution >= 0.6 is 12.2 Å². The van der Waals surface area contributed by atoms with Gasteiger partial charge in [-0.25, -0.2) is 14.5 Å². The summed E-state index contributed by atoms with van der Waals surface area (Å²) >= 11 is 5.25. The van der Waals surface area contributed by atoms with Crippen LogP contribution in [0.5, 0.6) is 11.5 Å². The number of nitrogens with zero attached hydrogens (tertiary/aromatic N) is 3. The first-order chi connectivity index (χ1) is 13.7. The van der Waals surface area contributed by atoms with Crippen LogP contribution in [-0.2, 0) is 0 Å². The van der Waals surface area contributed by atoms with Crippen molar-refractivity contribution in [3.8, 4) is 17.4 Å². The smallest absolute Gasteiger partial charge is 0.290 e. The van der Waals surface area contributed by atoms with E-state index in [-0.39, 0.29) is 16.3 Å². The molecule has 0 unspecified atom stereocenters. The molecule has 5 aromatic rings. The predicted molar refractivity (Wildman–Crippen MR) is 107 cm³/mol. The van der Waals surface area contributed by atoms with Crippen LogP contribution in [-0.4, -0.2) is 19.5 Å². The first-order valence-corrected chi connectivity index (χ1v) is 8.84. The van der Waals surface area contributed by atoms with Crippen molar-refractivity contribution >= 4 is 34.4 Å². The number of ether oxygens (including phenoxy) is 1. The molecule has 136 valence electrons. The van der Waals surface area contributed by atoms with E-state index in [2.05, 4.69) is 15.0 Å². The third-order valence-corrected chi connectivity index (χ3v) is 4.45. The zero-order valence-electron chi connectivity index (χ0n) is 14.3. The van der Waals surface area contributed by atoms with Crippen molar-refractivity contribution in [2.75, 3.05) is 0 Å². The summed E-state index contributed by atoms with van der Waals surface area (Å²) in [6.07, 6.45) is 1.53. The van der Waals surface area contributed by atoms with Gasteiger partial charge in [0.15, 0.2) is 11.1 Å². The van der Waals surface area contributed by atoms with Gasteiger partial charge in [0.2, 0.25) is 5.95 Å². The minimum absolute atomic E-state index is 0.00897. The van der Waals surface area contributed by atoms with Crippen molar-refractivity contribution < 1.29 is 9.15 Å². The lowest BCUT2D eigenvalue weighted by Gasteiger charge is -2.04. The normalized spacial score (nSPS) is 11.1. The van der Waals surface area contributed by atoms with Crippen LogP contribution in [0, 0.1) is 4.84 Å². The highest BCUT2D eigenvalue weighted by atomic mass is 32.1. The fourth-order valence-corrected chi connectivity index (χ4v) is 3.17. The van der Waals surface area contributed by atoms with E-state index in [1.807, 2.05) is 42.5 Å². The Kier molecular flexibility index (Phi) is 3.77. The molecule has 8 heteroatoms. The van der Waals surface area contributed by atoms with E-state index in [9.17, 15) is 4.79 Å². The SMILES string of the molecule is O=c1c2ncccc2oc(=S)n1-c1nc2ccc(Oc3ccccc3)cc2[nH]1. The molecule has 7 nitrogen and oxygen atoms in total. The van der Waals surface area contributed by atoms with Gasteiger partial charge in [-0.2, -0.15) is 0 Å². The number of hydrogen-bond donors (Lipinski definition) is 1. The summed E-state index contributed by atoms with van der Waals surface area (Å²) in [6, 6.07) is 18.2. The molecular formula is C20H12N4O3S. The minimum atomic E-state index is -0.397. The van der Waals surface area contributed by atoms with Crippen LogP contribution in [0.4, 0.5) is 0 Å². The number of imidazole rings is 1. The molecule has 0 aliphatic carbocycles. The summed E-state index contributed by atoms with van der Waals surface area (Å²) in [5.74, 6) is 1.63. The van der Waals surface area contributed by atoms with Gasteiger partial charge >= 0.3 is 0 Å². The third-order valence-electron chi connectivity index (χ3n) is 4.19. The van der Waals surface area contributed by atoms with Gasteiger partial charge in [0, 0.05) is 12.3 Å². The molecule has 2 aromatic carbocycles. The Morgan fingerprint density at radius 1 is 1.04 bits per heavy atom. The number of benzene rings is 2. The zero-order valence-corrected chi connectivity index (χ0v) is 15.1. The second-order valence-electron chi connectivity index (χ2n) is 6.01. The Balaban J connectivity index is 1.62. The maximum atomic E-state index is 12.8. The highest BCUT2D eigenvalue weighted by Crippen LogP contribution is 2.25. The number of aromatic nitrogens is 4. The van der Waals surface area contributed by atoms with E-state index < -0.39 is 5.56 Å². The zero-order chi connectivity index (χ0) is 19.1. The fraction of sp³-hybridized carbons (Fsp3) is 0. The van der Waals surface area contributed by atoms with Crippen LogP contribution in [0.2, 0.25) is 0 Å². The summed E-state index contributed by atoms with van der Waals surface area (Å²) in [5, 5.41) is 0. The molecule has 0 amide bonds. The van der Waals surface area contributed by atoms with E-state index in [0.717, 1.165) is 5.75 Å². The summed E-state index contributed by atoms with van der Waals surface area (Å²) in [4.78, 5) is 24.5. The highest BCUT2D eigenvalue weighted by molar-refractivity contribution is 7.71. The maximum Gasteiger partial charge on any atom is 0.290 e. The predicted octanol–water partition coefficient (Wildman–Crippen LogP) is 4.38. The lowest BCUT2D eigenvalue weighted by atomic mass is 10.3. The van der Waals surface area contributed by atoms with E-state index in [0.29, 0.717) is 22.4 Å². The third kappa shape index (κ3) is 2.76. The van der Waals surface area contributed by atoms with Gasteiger partial charge in [0.25, 0.3) is 10.4 Å². The molecule has 0 saturated heterocycles. The maximum absolute atomic E-state index is 12.8. The van der Waals surface area contributed by atoms with E-state index in [4.69, 9.17) is 21.4 Å². The van der Waals surface area contributed by atoms with Gasteiger partial charge in [0.05, 0.1) is 11.0 Å². The van der Waals surface area contributed by atoms with Crippen LogP contribution < -0.4 is 10.3 Å². The largest absolute Gasteiger partial charge is 0.457 e. The van der Waals surface area contributed by atoms with E-state index in [1.54, 1.807) is 18.2 Å². The van der Waals surface area contributed by atoms with Crippen molar-refractivity contribution in [3.63, 3.8) is 0 Å². The second kappa shape index (κ2) is 6.43. The lowest BCUT2D eigenvalue weighted by molar-refractivity contribution is 0.483. The van der Waals surface area contributed by atoms with Gasteiger partial charge in [-0.05, 0) is 48.6 Å². The molecule has 0 bridgehead atoms. The number of nitrogens with one attached hydrogen (secondary N) is 1. The topological polar surface area (TPSA) is 85.9 Å². The van der Waals surface area contributed by atoms with Crippen molar-refractivity contribution in [1.29, 1.82) is 0 Å². The van der Waals surface area contributed by atoms with Gasteiger partial charge < -0.3 is 14.1 Å². The van der Waals surface area contributed by atoms with Gasteiger partial charge in [-0.3, -0.25) is 4.79 Å². The van der Waals surface area contributed by atoms with Crippen molar-refractivity contribution in [1.82, 2.24) is 19.5 Å². The monoisotopic (exact) mass is 388 g/mol. The molecule has 5 rings (SSSR count). The number of pyridine rings is 1. The number of hydrogen-bond acceptors (Lipinski definition) is 6. The van der Waals surface area contributed by atoms with E-state index >= 15 is 0 Å². The standard InChI is InChI=1S/C20H12N4O3S/c25-18-17-16(7-4-10-21-17)27-20(28)24(18)19-22-14-9-8-13(11-15(14)23-19)26-12-5-2-1-3-6-12/h1-11H,(H,22,23). The number of aromatic amines is 1. The molecular weight excluding hydrogens is 376 g/mol. The number of H-pyrrole nitrogens is 1. The number of para-hydroxylation sites is 1. The average Bonchev–Trinajstić information content (AvgIpc) is 3.11. The Morgan fingerprint density at radius 3 is 2.75 bits per heavy atom. The quantitative estimate of drug-likeness (QED) is 0.462. The molecule has 3 heterocycles. The van der Waals surface area contributed by atoms with Crippen molar-refractivity contribution in [3.05, 3.63) is 82.1 Å². The molecule has 0 saturated carbocycles. The van der Waals surface area contributed by atoms with Crippen LogP contribution in [0.3, 0.4) is 0 Å². The fourth-order valence-electron chi connectivity index (χ4n) is 2.91. The lowest BCUT2D eigenvalue weighted by Crippen LogP contribution is -2.20. The van der Waals surface area contributed by atoms with Crippen LogP contribution in [0.25, 0.3) is 28.1 Å². The first-order valence-electron chi connectivity index (χ1n) is 8.43. The highest BCUT2D eigenvalue weighted by Gasteiger charge is 2.14. The van der Waals surface area contributed by atoms with Crippen LogP contribution in [0.1, 0.15) is 0 Å². The molecule has 1 N–H and O–H groups in total. The van der Waals surface area contributed by atoms with Gasteiger partial charge in [0.1, 0.15) is 11.5 Å². The minimum Gasteiger partial charge on any atom is -0.457 e.